The third-order valence-corrected chi connectivity index (χ3v) is 3.38. The van der Waals surface area contributed by atoms with Crippen molar-refractivity contribution in [1.29, 1.82) is 0 Å². The molecule has 0 aromatic carbocycles. The molecule has 1 aromatic heterocycles. The Kier molecular flexibility index (Phi) is 4.03. The van der Waals surface area contributed by atoms with Crippen LogP contribution in [-0.4, -0.2) is 17.4 Å². The van der Waals surface area contributed by atoms with E-state index < -0.39 is 0 Å². The fourth-order valence-electron chi connectivity index (χ4n) is 1.12. The van der Waals surface area contributed by atoms with Gasteiger partial charge in [0, 0.05) is 12.5 Å². The number of carbonyl (C=O) groups excluding carboxylic acids is 1. The molecule has 0 saturated heterocycles. The topological polar surface area (TPSA) is 42.0 Å². The van der Waals surface area contributed by atoms with Crippen LogP contribution in [0.25, 0.3) is 0 Å². The molecule has 15 heavy (non-hydrogen) atoms. The van der Waals surface area contributed by atoms with Crippen molar-refractivity contribution in [3.63, 3.8) is 0 Å². The Balaban J connectivity index is 2.84. The molecule has 1 heterocycles. The maximum absolute atomic E-state index is 11.7. The second-order valence-corrected chi connectivity index (χ2v) is 4.65. The molecular weight excluding hydrogens is 208 g/mol. The van der Waals surface area contributed by atoms with Crippen LogP contribution in [0, 0.1) is 6.92 Å². The number of aryl methyl sites for hydroxylation is 1. The van der Waals surface area contributed by atoms with Crippen LogP contribution in [-0.2, 0) is 0 Å². The van der Waals surface area contributed by atoms with Crippen molar-refractivity contribution >= 4 is 17.2 Å². The van der Waals surface area contributed by atoms with Crippen LogP contribution in [0.1, 0.15) is 40.1 Å². The van der Waals surface area contributed by atoms with E-state index in [1.54, 1.807) is 6.08 Å². The minimum absolute atomic E-state index is 0.0585. The van der Waals surface area contributed by atoms with Gasteiger partial charge in [-0.05, 0) is 6.92 Å². The van der Waals surface area contributed by atoms with Crippen LogP contribution < -0.4 is 5.32 Å². The summed E-state index contributed by atoms with van der Waals surface area (Å²) in [6.45, 7) is 10.1. The van der Waals surface area contributed by atoms with Gasteiger partial charge in [-0.3, -0.25) is 4.79 Å². The molecular formula is C11H16N2OS. The lowest BCUT2D eigenvalue weighted by molar-refractivity contribution is 0.0961. The Morgan fingerprint density at radius 1 is 1.67 bits per heavy atom. The second-order valence-electron chi connectivity index (χ2n) is 3.62. The average molecular weight is 224 g/mol. The van der Waals surface area contributed by atoms with E-state index in [2.05, 4.69) is 30.7 Å². The third-order valence-electron chi connectivity index (χ3n) is 1.92. The highest BCUT2D eigenvalue weighted by Crippen LogP contribution is 2.24. The molecule has 1 amide bonds. The van der Waals surface area contributed by atoms with Gasteiger partial charge in [0.05, 0.1) is 10.7 Å². The van der Waals surface area contributed by atoms with Crippen LogP contribution in [0.15, 0.2) is 12.7 Å². The fourth-order valence-corrected chi connectivity index (χ4v) is 2.11. The number of nitrogens with one attached hydrogen (secondary N) is 1. The van der Waals surface area contributed by atoms with Crippen molar-refractivity contribution in [2.24, 2.45) is 0 Å². The number of rotatable bonds is 4. The van der Waals surface area contributed by atoms with E-state index in [4.69, 9.17) is 0 Å². The smallest absolute Gasteiger partial charge is 0.263 e. The maximum Gasteiger partial charge on any atom is 0.263 e. The van der Waals surface area contributed by atoms with Gasteiger partial charge >= 0.3 is 0 Å². The number of hydrogen-bond acceptors (Lipinski definition) is 3. The highest BCUT2D eigenvalue weighted by Gasteiger charge is 2.15. The van der Waals surface area contributed by atoms with Gasteiger partial charge in [0.2, 0.25) is 0 Å². The van der Waals surface area contributed by atoms with Crippen molar-refractivity contribution in [2.75, 3.05) is 6.54 Å². The van der Waals surface area contributed by atoms with Gasteiger partial charge in [-0.15, -0.1) is 17.9 Å². The van der Waals surface area contributed by atoms with E-state index in [0.29, 0.717) is 17.3 Å². The first-order valence-corrected chi connectivity index (χ1v) is 5.74. The molecule has 1 N–H and O–H groups in total. The molecule has 0 fully saturated rings. The lowest BCUT2D eigenvalue weighted by atomic mass is 10.2. The van der Waals surface area contributed by atoms with E-state index in [1.165, 1.54) is 11.3 Å². The molecule has 1 rings (SSSR count). The minimum atomic E-state index is -0.0585. The summed E-state index contributed by atoms with van der Waals surface area (Å²) in [6, 6.07) is 0. The predicted molar refractivity (Wildman–Crippen MR) is 63.5 cm³/mol. The Hall–Kier alpha value is -1.16. The Bertz CT molecular complexity index is 369. The van der Waals surface area contributed by atoms with Crippen molar-refractivity contribution < 1.29 is 4.79 Å². The van der Waals surface area contributed by atoms with Crippen molar-refractivity contribution in [1.82, 2.24) is 10.3 Å². The van der Waals surface area contributed by atoms with Gasteiger partial charge in [0.1, 0.15) is 4.88 Å². The molecule has 0 unspecified atom stereocenters. The van der Waals surface area contributed by atoms with Crippen LogP contribution >= 0.6 is 11.3 Å². The number of carbonyl (C=O) groups is 1. The standard InChI is InChI=1S/C11H16N2OS/c1-5-6-12-10(14)9-8(4)13-11(15-9)7(2)3/h5,7H,1,6H2,2-4H3,(H,12,14). The monoisotopic (exact) mass is 224 g/mol. The van der Waals surface area contributed by atoms with Crippen LogP contribution in [0.2, 0.25) is 0 Å². The van der Waals surface area contributed by atoms with Crippen molar-refractivity contribution in [3.8, 4) is 0 Å². The third kappa shape index (κ3) is 2.89. The second kappa shape index (κ2) is 5.07. The zero-order chi connectivity index (χ0) is 11.4. The van der Waals surface area contributed by atoms with E-state index in [9.17, 15) is 4.79 Å². The van der Waals surface area contributed by atoms with E-state index in [0.717, 1.165) is 10.7 Å². The summed E-state index contributed by atoms with van der Waals surface area (Å²) in [6.07, 6.45) is 1.66. The molecule has 0 aliphatic rings. The van der Waals surface area contributed by atoms with E-state index >= 15 is 0 Å². The summed E-state index contributed by atoms with van der Waals surface area (Å²) in [7, 11) is 0. The quantitative estimate of drug-likeness (QED) is 0.798. The molecule has 0 atom stereocenters. The first kappa shape index (κ1) is 11.9. The summed E-state index contributed by atoms with van der Waals surface area (Å²) in [4.78, 5) is 16.8. The summed E-state index contributed by atoms with van der Waals surface area (Å²) >= 11 is 1.47. The normalized spacial score (nSPS) is 10.4. The number of amides is 1. The van der Waals surface area contributed by atoms with Crippen LogP contribution in [0.5, 0.6) is 0 Å². The maximum atomic E-state index is 11.7. The molecule has 0 bridgehead atoms. The van der Waals surface area contributed by atoms with Gasteiger partial charge in [-0.25, -0.2) is 4.98 Å². The number of hydrogen-bond donors (Lipinski definition) is 1. The number of aromatic nitrogens is 1. The van der Waals surface area contributed by atoms with Gasteiger partial charge in [0.15, 0.2) is 0 Å². The molecule has 4 heteroatoms. The number of thiazole rings is 1. The molecule has 0 saturated carbocycles. The highest BCUT2D eigenvalue weighted by atomic mass is 32.1. The molecule has 1 aromatic rings. The van der Waals surface area contributed by atoms with E-state index in [-0.39, 0.29) is 5.91 Å². The zero-order valence-corrected chi connectivity index (χ0v) is 10.1. The van der Waals surface area contributed by atoms with Crippen LogP contribution in [0.4, 0.5) is 0 Å². The van der Waals surface area contributed by atoms with Gasteiger partial charge < -0.3 is 5.32 Å². The largest absolute Gasteiger partial charge is 0.348 e. The Morgan fingerprint density at radius 2 is 2.33 bits per heavy atom. The zero-order valence-electron chi connectivity index (χ0n) is 9.33. The van der Waals surface area contributed by atoms with Crippen LogP contribution in [0.3, 0.4) is 0 Å². The lowest BCUT2D eigenvalue weighted by Crippen LogP contribution is -2.22. The molecule has 0 spiro atoms. The predicted octanol–water partition coefficient (Wildman–Crippen LogP) is 2.49. The molecule has 0 aliphatic carbocycles. The Labute approximate surface area is 94.2 Å². The van der Waals surface area contributed by atoms with E-state index in [1.807, 2.05) is 6.92 Å². The molecule has 3 nitrogen and oxygen atoms in total. The summed E-state index contributed by atoms with van der Waals surface area (Å²) in [5, 5.41) is 3.77. The fraction of sp³-hybridized carbons (Fsp3) is 0.455. The van der Waals surface area contributed by atoms with Gasteiger partial charge in [0.25, 0.3) is 5.91 Å². The van der Waals surface area contributed by atoms with Gasteiger partial charge in [-0.2, -0.15) is 0 Å². The van der Waals surface area contributed by atoms with Crippen molar-refractivity contribution in [3.05, 3.63) is 28.2 Å². The number of nitrogens with zero attached hydrogens (tertiary/aromatic N) is 1. The lowest BCUT2D eigenvalue weighted by Gasteiger charge is -1.99. The Morgan fingerprint density at radius 3 is 2.80 bits per heavy atom. The first-order valence-electron chi connectivity index (χ1n) is 4.92. The average Bonchev–Trinajstić information content (AvgIpc) is 2.57. The SMILES string of the molecule is C=CCNC(=O)c1sc(C(C)C)nc1C. The van der Waals surface area contributed by atoms with Crippen molar-refractivity contribution in [2.45, 2.75) is 26.7 Å². The molecule has 82 valence electrons. The summed E-state index contributed by atoms with van der Waals surface area (Å²) < 4.78 is 0. The van der Waals surface area contributed by atoms with Gasteiger partial charge in [-0.1, -0.05) is 19.9 Å². The summed E-state index contributed by atoms with van der Waals surface area (Å²) in [5.74, 6) is 0.312. The summed E-state index contributed by atoms with van der Waals surface area (Å²) in [5.41, 5.74) is 0.810. The molecule has 0 aliphatic heterocycles. The molecule has 0 radical (unpaired) electrons. The minimum Gasteiger partial charge on any atom is -0.348 e. The first-order chi connectivity index (χ1) is 7.06. The highest BCUT2D eigenvalue weighted by molar-refractivity contribution is 7.13.